The lowest BCUT2D eigenvalue weighted by molar-refractivity contribution is -0.119. The van der Waals surface area contributed by atoms with Crippen LogP contribution in [0.15, 0.2) is 30.3 Å². The highest BCUT2D eigenvalue weighted by Gasteiger charge is 2.20. The molecule has 2 rings (SSSR count). The minimum Gasteiger partial charge on any atom is -0.493 e. The van der Waals surface area contributed by atoms with Crippen LogP contribution in [-0.4, -0.2) is 32.6 Å². The van der Waals surface area contributed by atoms with Gasteiger partial charge in [-0.05, 0) is 49.2 Å². The van der Waals surface area contributed by atoms with Crippen molar-refractivity contribution in [3.63, 3.8) is 0 Å². The molecular weight excluding hydrogens is 356 g/mol. The molecule has 2 amide bonds. The Kier molecular flexibility index (Phi) is 6.10. The number of amides is 2. The molecule has 0 radical (unpaired) electrons. The van der Waals surface area contributed by atoms with Crippen LogP contribution in [0.1, 0.15) is 21.5 Å². The van der Waals surface area contributed by atoms with E-state index in [0.717, 1.165) is 16.8 Å². The number of carbonyl (C=O) groups excluding carboxylic acids is 2. The van der Waals surface area contributed by atoms with Crippen molar-refractivity contribution >= 4 is 29.1 Å². The van der Waals surface area contributed by atoms with Gasteiger partial charge in [-0.15, -0.1) is 0 Å². The normalized spacial score (nSPS) is 10.3. The van der Waals surface area contributed by atoms with Crippen molar-refractivity contribution < 1.29 is 19.1 Å². The van der Waals surface area contributed by atoms with Gasteiger partial charge >= 0.3 is 0 Å². The number of rotatable bonds is 6. The second-order valence-corrected chi connectivity index (χ2v) is 6.36. The molecule has 0 saturated carbocycles. The number of aryl methyl sites for hydroxylation is 2. The highest BCUT2D eigenvalue weighted by Crippen LogP contribution is 2.37. The number of carbonyl (C=O) groups is 2. The molecule has 26 heavy (non-hydrogen) atoms. The van der Waals surface area contributed by atoms with Crippen molar-refractivity contribution in [3.8, 4) is 11.5 Å². The Morgan fingerprint density at radius 1 is 1.12 bits per heavy atom. The fourth-order valence-electron chi connectivity index (χ4n) is 2.58. The van der Waals surface area contributed by atoms with E-state index in [1.807, 2.05) is 32.0 Å². The SMILES string of the molecule is COc1cc(C(=O)N(C)c2cc(C)cc(C)c2)cc(Cl)c1OCC(N)=O. The minimum atomic E-state index is -0.641. The molecule has 7 heteroatoms. The Labute approximate surface area is 157 Å². The molecule has 0 aliphatic heterocycles. The number of halogens is 1. The summed E-state index contributed by atoms with van der Waals surface area (Å²) in [6.45, 7) is 3.60. The van der Waals surface area contributed by atoms with Crippen LogP contribution in [0.2, 0.25) is 5.02 Å². The topological polar surface area (TPSA) is 81.9 Å². The van der Waals surface area contributed by atoms with Gasteiger partial charge in [0.25, 0.3) is 11.8 Å². The number of nitrogens with zero attached hydrogens (tertiary/aromatic N) is 1. The molecule has 0 unspecified atom stereocenters. The van der Waals surface area contributed by atoms with Gasteiger partial charge in [0.05, 0.1) is 12.1 Å². The molecule has 0 spiro atoms. The first-order valence-corrected chi connectivity index (χ1v) is 8.25. The fourth-order valence-corrected chi connectivity index (χ4v) is 2.85. The number of hydrogen-bond donors (Lipinski definition) is 1. The molecule has 0 aromatic heterocycles. The zero-order valence-electron chi connectivity index (χ0n) is 15.1. The maximum Gasteiger partial charge on any atom is 0.258 e. The second kappa shape index (κ2) is 8.10. The summed E-state index contributed by atoms with van der Waals surface area (Å²) in [5.41, 5.74) is 8.31. The van der Waals surface area contributed by atoms with Crippen LogP contribution < -0.4 is 20.1 Å². The summed E-state index contributed by atoms with van der Waals surface area (Å²) in [5, 5.41) is 0.155. The molecule has 0 aliphatic carbocycles. The summed E-state index contributed by atoms with van der Waals surface area (Å²) in [4.78, 5) is 25.3. The molecule has 2 aromatic carbocycles. The Morgan fingerprint density at radius 3 is 2.27 bits per heavy atom. The third kappa shape index (κ3) is 4.46. The van der Waals surface area contributed by atoms with Gasteiger partial charge in [0.1, 0.15) is 0 Å². The first kappa shape index (κ1) is 19.6. The lowest BCUT2D eigenvalue weighted by Crippen LogP contribution is -2.26. The van der Waals surface area contributed by atoms with Crippen molar-refractivity contribution in [2.75, 3.05) is 25.7 Å². The monoisotopic (exact) mass is 376 g/mol. The fraction of sp³-hybridized carbons (Fsp3) is 0.263. The Balaban J connectivity index is 2.36. The summed E-state index contributed by atoms with van der Waals surface area (Å²) in [7, 11) is 3.11. The molecule has 0 saturated heterocycles. The lowest BCUT2D eigenvalue weighted by atomic mass is 10.1. The van der Waals surface area contributed by atoms with Gasteiger partial charge in [0.2, 0.25) is 0 Å². The number of ether oxygens (including phenoxy) is 2. The molecule has 2 N–H and O–H groups in total. The van der Waals surface area contributed by atoms with Crippen LogP contribution in [-0.2, 0) is 4.79 Å². The number of anilines is 1. The summed E-state index contributed by atoms with van der Waals surface area (Å²) in [6.07, 6.45) is 0. The first-order chi connectivity index (χ1) is 12.2. The molecule has 0 atom stereocenters. The molecular formula is C19H21ClN2O4. The zero-order chi connectivity index (χ0) is 19.4. The molecule has 6 nitrogen and oxygen atoms in total. The first-order valence-electron chi connectivity index (χ1n) is 7.88. The number of hydrogen-bond acceptors (Lipinski definition) is 4. The van der Waals surface area contributed by atoms with Gasteiger partial charge in [-0.2, -0.15) is 0 Å². The largest absolute Gasteiger partial charge is 0.493 e. The smallest absolute Gasteiger partial charge is 0.258 e. The van der Waals surface area contributed by atoms with E-state index in [-0.39, 0.29) is 29.0 Å². The highest BCUT2D eigenvalue weighted by molar-refractivity contribution is 6.32. The van der Waals surface area contributed by atoms with E-state index in [0.29, 0.717) is 5.56 Å². The zero-order valence-corrected chi connectivity index (χ0v) is 15.9. The van der Waals surface area contributed by atoms with Crippen LogP contribution in [0.4, 0.5) is 5.69 Å². The maximum atomic E-state index is 12.9. The van der Waals surface area contributed by atoms with Crippen LogP contribution >= 0.6 is 11.6 Å². The number of primary amides is 1. The van der Waals surface area contributed by atoms with E-state index in [9.17, 15) is 9.59 Å². The summed E-state index contributed by atoms with van der Waals surface area (Å²) in [5.74, 6) is -0.482. The van der Waals surface area contributed by atoms with Crippen LogP contribution in [0.5, 0.6) is 11.5 Å². The van der Waals surface area contributed by atoms with E-state index in [1.54, 1.807) is 7.05 Å². The van der Waals surface area contributed by atoms with Gasteiger partial charge in [-0.25, -0.2) is 0 Å². The molecule has 2 aromatic rings. The van der Waals surface area contributed by atoms with Gasteiger partial charge in [-0.1, -0.05) is 17.7 Å². The maximum absolute atomic E-state index is 12.9. The van der Waals surface area contributed by atoms with Crippen molar-refractivity contribution in [1.29, 1.82) is 0 Å². The molecule has 0 aliphatic rings. The van der Waals surface area contributed by atoms with Crippen LogP contribution in [0.25, 0.3) is 0 Å². The van der Waals surface area contributed by atoms with Crippen molar-refractivity contribution in [1.82, 2.24) is 0 Å². The third-order valence-electron chi connectivity index (χ3n) is 3.73. The Hall–Kier alpha value is -2.73. The number of nitrogens with two attached hydrogens (primary N) is 1. The molecule has 138 valence electrons. The third-order valence-corrected chi connectivity index (χ3v) is 4.01. The minimum absolute atomic E-state index is 0.155. The average Bonchev–Trinajstić information content (AvgIpc) is 2.57. The Morgan fingerprint density at radius 2 is 1.73 bits per heavy atom. The van der Waals surface area contributed by atoms with Gasteiger partial charge in [0, 0.05) is 18.3 Å². The quantitative estimate of drug-likeness (QED) is 0.839. The van der Waals surface area contributed by atoms with E-state index in [2.05, 4.69) is 0 Å². The summed E-state index contributed by atoms with van der Waals surface area (Å²) < 4.78 is 10.5. The lowest BCUT2D eigenvalue weighted by Gasteiger charge is -2.20. The van der Waals surface area contributed by atoms with E-state index in [1.165, 1.54) is 24.1 Å². The van der Waals surface area contributed by atoms with E-state index < -0.39 is 5.91 Å². The Bertz CT molecular complexity index is 831. The number of benzene rings is 2. The average molecular weight is 377 g/mol. The van der Waals surface area contributed by atoms with Crippen molar-refractivity contribution in [3.05, 3.63) is 52.0 Å². The molecule has 0 bridgehead atoms. The summed E-state index contributed by atoms with van der Waals surface area (Å²) in [6, 6.07) is 8.88. The van der Waals surface area contributed by atoms with Crippen molar-refractivity contribution in [2.45, 2.75) is 13.8 Å². The van der Waals surface area contributed by atoms with Crippen LogP contribution in [0, 0.1) is 13.8 Å². The highest BCUT2D eigenvalue weighted by atomic mass is 35.5. The second-order valence-electron chi connectivity index (χ2n) is 5.95. The van der Waals surface area contributed by atoms with Gasteiger partial charge in [-0.3, -0.25) is 9.59 Å². The predicted molar refractivity (Wildman–Crippen MR) is 101 cm³/mol. The van der Waals surface area contributed by atoms with E-state index >= 15 is 0 Å². The summed E-state index contributed by atoms with van der Waals surface area (Å²) >= 11 is 6.21. The van der Waals surface area contributed by atoms with Gasteiger partial charge < -0.3 is 20.1 Å². The standard InChI is InChI=1S/C19H21ClN2O4/c1-11-5-12(2)7-14(6-11)22(3)19(24)13-8-15(20)18(16(9-13)25-4)26-10-17(21)23/h5-9H,10H2,1-4H3,(H2,21,23). The number of methoxy groups -OCH3 is 1. The van der Waals surface area contributed by atoms with Gasteiger partial charge in [0.15, 0.2) is 18.1 Å². The van der Waals surface area contributed by atoms with Crippen LogP contribution in [0.3, 0.4) is 0 Å². The van der Waals surface area contributed by atoms with E-state index in [4.69, 9.17) is 26.8 Å². The molecule has 0 heterocycles. The molecule has 0 fully saturated rings. The van der Waals surface area contributed by atoms with Crippen molar-refractivity contribution in [2.24, 2.45) is 5.73 Å². The predicted octanol–water partition coefficient (Wildman–Crippen LogP) is 3.11.